The summed E-state index contributed by atoms with van der Waals surface area (Å²) in [7, 11) is 0. The largest absolute Gasteiger partial charge is 0.454 e. The van der Waals surface area contributed by atoms with Crippen LogP contribution in [0, 0.1) is 0 Å². The number of aromatic nitrogens is 3. The second kappa shape index (κ2) is 10.8. The summed E-state index contributed by atoms with van der Waals surface area (Å²) < 4.78 is 15.3. The molecule has 51 heavy (non-hydrogen) atoms. The van der Waals surface area contributed by atoms with Crippen LogP contribution < -0.4 is 0 Å². The Balaban J connectivity index is 1.18. The molecule has 0 amide bonds. The van der Waals surface area contributed by atoms with Crippen molar-refractivity contribution < 1.29 is 8.83 Å². The number of nitrogens with zero attached hydrogens (tertiary/aromatic N) is 3. The first-order valence-electron chi connectivity index (χ1n) is 17.1. The number of pyridine rings is 2. The summed E-state index contributed by atoms with van der Waals surface area (Å²) in [4.78, 5) is 9.39. The minimum absolute atomic E-state index is 0.774. The first kappa shape index (κ1) is 27.9. The SMILES string of the molecule is c1cc(-c2cc(-c3ccnc4c3oc3ccccc34)ccc2-c2cccc3c2oc2cccnc23)cc(-n2c3ccccc3c3ccccc32)c1. The van der Waals surface area contributed by atoms with Crippen LogP contribution in [0.15, 0.2) is 173 Å². The van der Waals surface area contributed by atoms with Crippen LogP contribution in [0.3, 0.4) is 0 Å². The molecule has 11 rings (SSSR count). The third-order valence-corrected chi connectivity index (χ3v) is 10.1. The molecule has 0 aliphatic rings. The van der Waals surface area contributed by atoms with Crippen molar-refractivity contribution in [1.82, 2.24) is 14.5 Å². The zero-order valence-electron chi connectivity index (χ0n) is 27.2. The topological polar surface area (TPSA) is 57.0 Å². The van der Waals surface area contributed by atoms with Gasteiger partial charge in [0.2, 0.25) is 0 Å². The molecule has 0 bridgehead atoms. The molecule has 0 atom stereocenters. The maximum absolute atomic E-state index is 6.52. The molecule has 0 unspecified atom stereocenters. The average molecular weight is 654 g/mol. The molecule has 238 valence electrons. The van der Waals surface area contributed by atoms with Gasteiger partial charge >= 0.3 is 0 Å². The number of rotatable bonds is 4. The number of para-hydroxylation sites is 4. The van der Waals surface area contributed by atoms with Crippen LogP contribution in [0.2, 0.25) is 0 Å². The van der Waals surface area contributed by atoms with E-state index < -0.39 is 0 Å². The Labute approximate surface area is 291 Å². The van der Waals surface area contributed by atoms with Crippen molar-refractivity contribution in [1.29, 1.82) is 0 Å². The molecule has 11 aromatic rings. The molecule has 5 nitrogen and oxygen atoms in total. The molecule has 5 heteroatoms. The zero-order valence-corrected chi connectivity index (χ0v) is 27.2. The van der Waals surface area contributed by atoms with Crippen LogP contribution >= 0.6 is 0 Å². The minimum Gasteiger partial charge on any atom is -0.454 e. The van der Waals surface area contributed by atoms with E-state index in [2.05, 4.69) is 125 Å². The lowest BCUT2D eigenvalue weighted by Crippen LogP contribution is -1.95. The maximum atomic E-state index is 6.52. The number of furan rings is 2. The van der Waals surface area contributed by atoms with E-state index in [0.717, 1.165) is 83.2 Å². The number of hydrogen-bond acceptors (Lipinski definition) is 4. The van der Waals surface area contributed by atoms with E-state index in [1.165, 1.54) is 21.8 Å². The molecule has 6 aromatic carbocycles. The fraction of sp³-hybridized carbons (Fsp3) is 0. The summed E-state index contributed by atoms with van der Waals surface area (Å²) in [6, 6.07) is 53.1. The maximum Gasteiger partial charge on any atom is 0.161 e. The molecule has 0 aliphatic carbocycles. The van der Waals surface area contributed by atoms with Gasteiger partial charge in [-0.05, 0) is 89.0 Å². The molecule has 0 N–H and O–H groups in total. The van der Waals surface area contributed by atoms with E-state index in [-0.39, 0.29) is 0 Å². The highest BCUT2D eigenvalue weighted by atomic mass is 16.3. The van der Waals surface area contributed by atoms with E-state index in [0.29, 0.717) is 0 Å². The Morgan fingerprint density at radius 1 is 0.392 bits per heavy atom. The van der Waals surface area contributed by atoms with E-state index >= 15 is 0 Å². The van der Waals surface area contributed by atoms with Gasteiger partial charge in [-0.3, -0.25) is 9.97 Å². The van der Waals surface area contributed by atoms with Crippen LogP contribution in [0.5, 0.6) is 0 Å². The van der Waals surface area contributed by atoms with E-state index in [9.17, 15) is 0 Å². The first-order chi connectivity index (χ1) is 25.3. The third-order valence-electron chi connectivity index (χ3n) is 10.1. The number of hydrogen-bond donors (Lipinski definition) is 0. The van der Waals surface area contributed by atoms with Gasteiger partial charge in [0.1, 0.15) is 22.2 Å². The lowest BCUT2D eigenvalue weighted by atomic mass is 9.90. The lowest BCUT2D eigenvalue weighted by molar-refractivity contribution is 0.668. The first-order valence-corrected chi connectivity index (χ1v) is 17.1. The van der Waals surface area contributed by atoms with Crippen LogP contribution in [-0.4, -0.2) is 14.5 Å². The monoisotopic (exact) mass is 653 g/mol. The molecule has 5 heterocycles. The molecular formula is C46H27N3O2. The minimum atomic E-state index is 0.774. The highest BCUT2D eigenvalue weighted by Gasteiger charge is 2.20. The summed E-state index contributed by atoms with van der Waals surface area (Å²) in [6.07, 6.45) is 3.69. The van der Waals surface area contributed by atoms with E-state index in [4.69, 9.17) is 13.8 Å². The van der Waals surface area contributed by atoms with Crippen LogP contribution in [-0.2, 0) is 0 Å². The number of benzene rings is 6. The predicted octanol–water partition coefficient (Wildman–Crippen LogP) is 12.4. The summed E-state index contributed by atoms with van der Waals surface area (Å²) in [6.45, 7) is 0. The second-order valence-corrected chi connectivity index (χ2v) is 12.9. The normalized spacial score (nSPS) is 11.9. The Morgan fingerprint density at radius 2 is 1.08 bits per heavy atom. The summed E-state index contributed by atoms with van der Waals surface area (Å²) in [5.74, 6) is 0. The van der Waals surface area contributed by atoms with Gasteiger partial charge in [0.15, 0.2) is 11.2 Å². The second-order valence-electron chi connectivity index (χ2n) is 12.9. The highest BCUT2D eigenvalue weighted by molar-refractivity contribution is 6.11. The predicted molar refractivity (Wildman–Crippen MR) is 207 cm³/mol. The third kappa shape index (κ3) is 4.15. The van der Waals surface area contributed by atoms with Crippen molar-refractivity contribution in [2.45, 2.75) is 0 Å². The molecule has 0 spiro atoms. The Bertz CT molecular complexity index is 3110. The van der Waals surface area contributed by atoms with Crippen LogP contribution in [0.4, 0.5) is 0 Å². The van der Waals surface area contributed by atoms with Gasteiger partial charge in [-0.15, -0.1) is 0 Å². The zero-order chi connectivity index (χ0) is 33.5. The van der Waals surface area contributed by atoms with Gasteiger partial charge in [-0.2, -0.15) is 0 Å². The molecule has 0 saturated heterocycles. The number of fused-ring (bicyclic) bond motifs is 9. The van der Waals surface area contributed by atoms with Crippen LogP contribution in [0.25, 0.3) is 105 Å². The van der Waals surface area contributed by atoms with Gasteiger partial charge in [0.05, 0.1) is 11.0 Å². The van der Waals surface area contributed by atoms with Crippen molar-refractivity contribution in [3.63, 3.8) is 0 Å². The van der Waals surface area contributed by atoms with Gasteiger partial charge in [-0.25, -0.2) is 0 Å². The molecule has 0 fully saturated rings. The fourth-order valence-corrected chi connectivity index (χ4v) is 7.86. The summed E-state index contributed by atoms with van der Waals surface area (Å²) in [5, 5.41) is 4.48. The average Bonchev–Trinajstić information content (AvgIpc) is 3.87. The smallest absolute Gasteiger partial charge is 0.161 e. The van der Waals surface area contributed by atoms with Gasteiger partial charge < -0.3 is 13.4 Å². The van der Waals surface area contributed by atoms with Gasteiger partial charge in [0, 0.05) is 50.8 Å². The summed E-state index contributed by atoms with van der Waals surface area (Å²) in [5.41, 5.74) is 14.7. The molecule has 0 saturated carbocycles. The molecule has 5 aromatic heterocycles. The van der Waals surface area contributed by atoms with Crippen molar-refractivity contribution in [3.05, 3.63) is 164 Å². The fourth-order valence-electron chi connectivity index (χ4n) is 7.86. The van der Waals surface area contributed by atoms with Crippen molar-refractivity contribution >= 4 is 65.9 Å². The van der Waals surface area contributed by atoms with Gasteiger partial charge in [0.25, 0.3) is 0 Å². The lowest BCUT2D eigenvalue weighted by Gasteiger charge is -2.15. The Morgan fingerprint density at radius 3 is 1.94 bits per heavy atom. The molecular weight excluding hydrogens is 627 g/mol. The van der Waals surface area contributed by atoms with Crippen molar-refractivity contribution in [2.24, 2.45) is 0 Å². The quantitative estimate of drug-likeness (QED) is 0.190. The Kier molecular flexibility index (Phi) is 5.89. The van der Waals surface area contributed by atoms with Crippen molar-refractivity contribution in [3.8, 4) is 39.1 Å². The highest BCUT2D eigenvalue weighted by Crippen LogP contribution is 2.43. The van der Waals surface area contributed by atoms with Gasteiger partial charge in [-0.1, -0.05) is 84.9 Å². The molecule has 0 aliphatic heterocycles. The van der Waals surface area contributed by atoms with Crippen LogP contribution in [0.1, 0.15) is 0 Å². The van der Waals surface area contributed by atoms with E-state index in [1.807, 2.05) is 48.8 Å². The van der Waals surface area contributed by atoms with Crippen molar-refractivity contribution in [2.75, 3.05) is 0 Å². The standard InChI is InChI=1S/C46H27N3O2/c1-4-17-39-33(12-1)34-13-2-5-18-40(34)49(39)30-11-7-10-28(26-30)38-27-29(31-23-25-48-44-36-14-3-6-19-41(36)50-46(31)44)21-22-32(38)35-15-8-16-37-43-42(51-45(35)37)20-9-24-47-43/h1-27H. The molecule has 0 radical (unpaired) electrons. The summed E-state index contributed by atoms with van der Waals surface area (Å²) >= 11 is 0. The van der Waals surface area contributed by atoms with E-state index in [1.54, 1.807) is 0 Å². The Hall–Kier alpha value is -6.98.